The first-order valence-corrected chi connectivity index (χ1v) is 5.25. The molecule has 2 aromatic rings. The molecule has 0 saturated carbocycles. The minimum absolute atomic E-state index is 0.489. The van der Waals surface area contributed by atoms with Gasteiger partial charge in [-0.15, -0.1) is 0 Å². The molecule has 0 aromatic carbocycles. The van der Waals surface area contributed by atoms with Gasteiger partial charge in [0, 0.05) is 6.20 Å². The van der Waals surface area contributed by atoms with Crippen LogP contribution in [-0.2, 0) is 0 Å². The number of methoxy groups -OCH3 is 1. The quantitative estimate of drug-likeness (QED) is 0.876. The van der Waals surface area contributed by atoms with Crippen LogP contribution in [0.2, 0.25) is 0 Å². The molecule has 5 nitrogen and oxygen atoms in total. The molecule has 0 unspecified atom stereocenters. The van der Waals surface area contributed by atoms with Crippen LogP contribution in [0, 0.1) is 13.8 Å². The molecule has 0 fully saturated rings. The zero-order chi connectivity index (χ0) is 12.3. The second-order valence-corrected chi connectivity index (χ2v) is 3.72. The Morgan fingerprint density at radius 1 is 0.941 bits per heavy atom. The van der Waals surface area contributed by atoms with Gasteiger partial charge in [0.15, 0.2) is 0 Å². The molecule has 88 valence electrons. The SMILES string of the molecule is COc1cnc(Nc2cc(C)c(C)cn2)cn1. The number of hydrogen-bond donors (Lipinski definition) is 1. The molecule has 1 N–H and O–H groups in total. The summed E-state index contributed by atoms with van der Waals surface area (Å²) < 4.78 is 4.94. The highest BCUT2D eigenvalue weighted by Gasteiger charge is 2.00. The van der Waals surface area contributed by atoms with Crippen LogP contribution in [0.25, 0.3) is 0 Å². The first kappa shape index (κ1) is 11.3. The van der Waals surface area contributed by atoms with E-state index in [1.807, 2.05) is 26.1 Å². The van der Waals surface area contributed by atoms with Gasteiger partial charge in [-0.05, 0) is 31.0 Å². The lowest BCUT2D eigenvalue weighted by Crippen LogP contribution is -1.98. The summed E-state index contributed by atoms with van der Waals surface area (Å²) in [5.41, 5.74) is 2.35. The van der Waals surface area contributed by atoms with Crippen LogP contribution < -0.4 is 10.1 Å². The lowest BCUT2D eigenvalue weighted by molar-refractivity contribution is 0.396. The number of aromatic nitrogens is 3. The number of rotatable bonds is 3. The van der Waals surface area contributed by atoms with Gasteiger partial charge in [-0.25, -0.2) is 15.0 Å². The number of aryl methyl sites for hydroxylation is 2. The normalized spacial score (nSPS) is 10.1. The monoisotopic (exact) mass is 230 g/mol. The summed E-state index contributed by atoms with van der Waals surface area (Å²) in [6.45, 7) is 4.07. The van der Waals surface area contributed by atoms with Gasteiger partial charge in [0.1, 0.15) is 11.6 Å². The van der Waals surface area contributed by atoms with Gasteiger partial charge in [-0.3, -0.25) is 0 Å². The Morgan fingerprint density at radius 3 is 2.29 bits per heavy atom. The minimum atomic E-state index is 0.489. The standard InChI is InChI=1S/C12H14N4O/c1-8-4-10(13-5-9(8)2)16-11-6-15-12(17-3)7-14-11/h4-7H,1-3H3,(H,13,14,16). The number of nitrogens with one attached hydrogen (secondary N) is 1. The molecule has 2 heterocycles. The van der Waals surface area contributed by atoms with E-state index in [0.29, 0.717) is 11.7 Å². The van der Waals surface area contributed by atoms with E-state index in [0.717, 1.165) is 11.4 Å². The Bertz CT molecular complexity index is 510. The van der Waals surface area contributed by atoms with Crippen molar-refractivity contribution in [3.63, 3.8) is 0 Å². The van der Waals surface area contributed by atoms with Gasteiger partial charge in [-0.2, -0.15) is 0 Å². The van der Waals surface area contributed by atoms with E-state index in [9.17, 15) is 0 Å². The largest absolute Gasteiger partial charge is 0.480 e. The van der Waals surface area contributed by atoms with Crippen molar-refractivity contribution in [2.75, 3.05) is 12.4 Å². The first-order chi connectivity index (χ1) is 8.19. The Hall–Kier alpha value is -2.17. The molecule has 0 spiro atoms. The highest BCUT2D eigenvalue weighted by molar-refractivity contribution is 5.52. The zero-order valence-electron chi connectivity index (χ0n) is 10.1. The number of anilines is 2. The van der Waals surface area contributed by atoms with Crippen LogP contribution in [0.5, 0.6) is 5.88 Å². The van der Waals surface area contributed by atoms with Crippen molar-refractivity contribution in [1.82, 2.24) is 15.0 Å². The maximum Gasteiger partial charge on any atom is 0.232 e. The summed E-state index contributed by atoms with van der Waals surface area (Å²) >= 11 is 0. The van der Waals surface area contributed by atoms with Crippen molar-refractivity contribution < 1.29 is 4.74 Å². The highest BCUT2D eigenvalue weighted by Crippen LogP contribution is 2.15. The van der Waals surface area contributed by atoms with Crippen LogP contribution in [-0.4, -0.2) is 22.1 Å². The van der Waals surface area contributed by atoms with Crippen molar-refractivity contribution in [1.29, 1.82) is 0 Å². The highest BCUT2D eigenvalue weighted by atomic mass is 16.5. The van der Waals surface area contributed by atoms with Gasteiger partial charge in [-0.1, -0.05) is 0 Å². The van der Waals surface area contributed by atoms with Crippen molar-refractivity contribution in [2.24, 2.45) is 0 Å². The molecule has 0 bridgehead atoms. The third-order valence-electron chi connectivity index (χ3n) is 2.47. The molecule has 0 aliphatic heterocycles. The second kappa shape index (κ2) is 4.78. The second-order valence-electron chi connectivity index (χ2n) is 3.72. The first-order valence-electron chi connectivity index (χ1n) is 5.25. The fourth-order valence-corrected chi connectivity index (χ4v) is 1.31. The van der Waals surface area contributed by atoms with Crippen LogP contribution in [0.4, 0.5) is 11.6 Å². The summed E-state index contributed by atoms with van der Waals surface area (Å²) in [4.78, 5) is 12.5. The maximum absolute atomic E-state index is 4.94. The number of ether oxygens (including phenoxy) is 1. The van der Waals surface area contributed by atoms with Gasteiger partial charge in [0.2, 0.25) is 5.88 Å². The molecular weight excluding hydrogens is 216 g/mol. The van der Waals surface area contributed by atoms with Gasteiger partial charge in [0.05, 0.1) is 19.5 Å². The topological polar surface area (TPSA) is 59.9 Å². The molecule has 0 amide bonds. The van der Waals surface area contributed by atoms with Gasteiger partial charge < -0.3 is 10.1 Å². The molecule has 0 saturated heterocycles. The predicted molar refractivity (Wildman–Crippen MR) is 65.6 cm³/mol. The number of hydrogen-bond acceptors (Lipinski definition) is 5. The van der Waals surface area contributed by atoms with Crippen molar-refractivity contribution in [3.8, 4) is 5.88 Å². The summed E-state index contributed by atoms with van der Waals surface area (Å²) in [5, 5.41) is 3.08. The zero-order valence-corrected chi connectivity index (χ0v) is 10.1. The maximum atomic E-state index is 4.94. The Balaban J connectivity index is 2.16. The third kappa shape index (κ3) is 2.69. The Labute approximate surface area is 99.9 Å². The fraction of sp³-hybridized carbons (Fsp3) is 0.250. The molecule has 5 heteroatoms. The van der Waals surface area contributed by atoms with E-state index in [2.05, 4.69) is 20.3 Å². The van der Waals surface area contributed by atoms with E-state index >= 15 is 0 Å². The Kier molecular flexibility index (Phi) is 3.18. The average molecular weight is 230 g/mol. The molecule has 0 radical (unpaired) electrons. The molecule has 0 atom stereocenters. The summed E-state index contributed by atoms with van der Waals surface area (Å²) in [6.07, 6.45) is 4.99. The number of nitrogens with zero attached hydrogens (tertiary/aromatic N) is 3. The van der Waals surface area contributed by atoms with Crippen LogP contribution >= 0.6 is 0 Å². The van der Waals surface area contributed by atoms with Gasteiger partial charge in [0.25, 0.3) is 0 Å². The lowest BCUT2D eigenvalue weighted by atomic mass is 10.2. The molecule has 0 aliphatic rings. The lowest BCUT2D eigenvalue weighted by Gasteiger charge is -2.06. The van der Waals surface area contributed by atoms with Crippen molar-refractivity contribution in [3.05, 3.63) is 35.8 Å². The summed E-state index contributed by atoms with van der Waals surface area (Å²) in [7, 11) is 1.56. The summed E-state index contributed by atoms with van der Waals surface area (Å²) in [5.74, 6) is 1.89. The minimum Gasteiger partial charge on any atom is -0.480 e. The van der Waals surface area contributed by atoms with Crippen LogP contribution in [0.3, 0.4) is 0 Å². The molecule has 2 aromatic heterocycles. The smallest absolute Gasteiger partial charge is 0.232 e. The van der Waals surface area contributed by atoms with E-state index < -0.39 is 0 Å². The molecular formula is C12H14N4O. The third-order valence-corrected chi connectivity index (χ3v) is 2.47. The van der Waals surface area contributed by atoms with E-state index in [-0.39, 0.29) is 0 Å². The van der Waals surface area contributed by atoms with Crippen molar-refractivity contribution >= 4 is 11.6 Å². The van der Waals surface area contributed by atoms with E-state index in [4.69, 9.17) is 4.74 Å². The molecule has 0 aliphatic carbocycles. The Morgan fingerprint density at radius 2 is 1.71 bits per heavy atom. The summed E-state index contributed by atoms with van der Waals surface area (Å²) in [6, 6.07) is 1.97. The molecule has 2 rings (SSSR count). The predicted octanol–water partition coefficient (Wildman–Crippen LogP) is 2.24. The van der Waals surface area contributed by atoms with Gasteiger partial charge >= 0.3 is 0 Å². The van der Waals surface area contributed by atoms with E-state index in [1.54, 1.807) is 19.5 Å². The van der Waals surface area contributed by atoms with Crippen LogP contribution in [0.15, 0.2) is 24.7 Å². The van der Waals surface area contributed by atoms with Crippen LogP contribution in [0.1, 0.15) is 11.1 Å². The number of pyridine rings is 1. The van der Waals surface area contributed by atoms with Crippen molar-refractivity contribution in [2.45, 2.75) is 13.8 Å². The molecule has 17 heavy (non-hydrogen) atoms. The average Bonchev–Trinajstić information content (AvgIpc) is 2.35. The van der Waals surface area contributed by atoms with E-state index in [1.165, 1.54) is 5.56 Å². The fourth-order valence-electron chi connectivity index (χ4n) is 1.31.